The Kier molecular flexibility index (Phi) is 4.19. The third-order valence-corrected chi connectivity index (χ3v) is 4.19. The first-order valence-electron chi connectivity index (χ1n) is 6.38. The van der Waals surface area contributed by atoms with Crippen molar-refractivity contribution in [2.45, 2.75) is 58.9 Å². The second-order valence-electron chi connectivity index (χ2n) is 6.09. The summed E-state index contributed by atoms with van der Waals surface area (Å²) in [4.78, 5) is 0. The van der Waals surface area contributed by atoms with E-state index in [-0.39, 0.29) is 5.54 Å². The van der Waals surface area contributed by atoms with Crippen molar-refractivity contribution in [3.63, 3.8) is 0 Å². The van der Waals surface area contributed by atoms with Gasteiger partial charge in [0.15, 0.2) is 0 Å². The van der Waals surface area contributed by atoms with Crippen molar-refractivity contribution < 1.29 is 0 Å². The number of hydrogen-bond donors (Lipinski definition) is 2. The SMILES string of the molecule is CCC(C)(C)CCNC(C)(CN)C1CC1. The van der Waals surface area contributed by atoms with Crippen LogP contribution in [0.5, 0.6) is 0 Å². The van der Waals surface area contributed by atoms with Crippen molar-refractivity contribution in [3.8, 4) is 0 Å². The van der Waals surface area contributed by atoms with Gasteiger partial charge in [0, 0.05) is 12.1 Å². The Hall–Kier alpha value is -0.0800. The number of rotatable bonds is 7. The molecular weight excluding hydrogens is 184 g/mol. The molecule has 0 aromatic carbocycles. The lowest BCUT2D eigenvalue weighted by Gasteiger charge is -2.32. The molecule has 2 nitrogen and oxygen atoms in total. The maximum absolute atomic E-state index is 5.87. The van der Waals surface area contributed by atoms with Crippen molar-refractivity contribution in [1.29, 1.82) is 0 Å². The van der Waals surface area contributed by atoms with Crippen molar-refractivity contribution >= 4 is 0 Å². The van der Waals surface area contributed by atoms with Gasteiger partial charge in [-0.2, -0.15) is 0 Å². The molecule has 1 fully saturated rings. The van der Waals surface area contributed by atoms with Crippen LogP contribution in [0.15, 0.2) is 0 Å². The molecule has 0 radical (unpaired) electrons. The number of nitrogens with two attached hydrogens (primary N) is 1. The Bertz CT molecular complexity index is 197. The zero-order valence-electron chi connectivity index (χ0n) is 10.9. The summed E-state index contributed by atoms with van der Waals surface area (Å²) in [6, 6.07) is 0. The van der Waals surface area contributed by atoms with Crippen LogP contribution in [0.25, 0.3) is 0 Å². The fourth-order valence-corrected chi connectivity index (χ4v) is 1.97. The first-order valence-corrected chi connectivity index (χ1v) is 6.38. The maximum Gasteiger partial charge on any atom is 0.0303 e. The Morgan fingerprint density at radius 2 is 1.87 bits per heavy atom. The fraction of sp³-hybridized carbons (Fsp3) is 1.00. The lowest BCUT2D eigenvalue weighted by molar-refractivity contribution is 0.265. The summed E-state index contributed by atoms with van der Waals surface area (Å²) in [7, 11) is 0. The van der Waals surface area contributed by atoms with Gasteiger partial charge < -0.3 is 11.1 Å². The van der Waals surface area contributed by atoms with Gasteiger partial charge in [0.05, 0.1) is 0 Å². The van der Waals surface area contributed by atoms with Gasteiger partial charge in [-0.3, -0.25) is 0 Å². The number of nitrogens with one attached hydrogen (secondary N) is 1. The monoisotopic (exact) mass is 212 g/mol. The van der Waals surface area contributed by atoms with Crippen molar-refractivity contribution in [1.82, 2.24) is 5.32 Å². The van der Waals surface area contributed by atoms with Crippen LogP contribution in [0.4, 0.5) is 0 Å². The van der Waals surface area contributed by atoms with Crippen molar-refractivity contribution in [3.05, 3.63) is 0 Å². The van der Waals surface area contributed by atoms with E-state index in [1.165, 1.54) is 25.7 Å². The van der Waals surface area contributed by atoms with Gasteiger partial charge >= 0.3 is 0 Å². The van der Waals surface area contributed by atoms with E-state index < -0.39 is 0 Å². The Morgan fingerprint density at radius 3 is 2.27 bits per heavy atom. The molecule has 1 rings (SSSR count). The van der Waals surface area contributed by atoms with Crippen LogP contribution in [0.1, 0.15) is 53.4 Å². The average molecular weight is 212 g/mol. The molecule has 0 spiro atoms. The molecule has 0 heterocycles. The summed E-state index contributed by atoms with van der Waals surface area (Å²) in [5.74, 6) is 0.826. The molecule has 1 saturated carbocycles. The van der Waals surface area contributed by atoms with E-state index in [9.17, 15) is 0 Å². The van der Waals surface area contributed by atoms with E-state index in [1.54, 1.807) is 0 Å². The molecule has 0 bridgehead atoms. The van der Waals surface area contributed by atoms with E-state index in [4.69, 9.17) is 5.73 Å². The predicted molar refractivity (Wildman–Crippen MR) is 66.9 cm³/mol. The zero-order chi connectivity index (χ0) is 11.5. The molecule has 0 aromatic heterocycles. The minimum absolute atomic E-state index is 0.198. The van der Waals surface area contributed by atoms with Crippen molar-refractivity contribution in [2.75, 3.05) is 13.1 Å². The van der Waals surface area contributed by atoms with Gasteiger partial charge in [0.25, 0.3) is 0 Å². The molecule has 0 amide bonds. The minimum atomic E-state index is 0.198. The molecule has 90 valence electrons. The van der Waals surface area contributed by atoms with E-state index >= 15 is 0 Å². The highest BCUT2D eigenvalue weighted by atomic mass is 15.0. The molecule has 2 heteroatoms. The van der Waals surface area contributed by atoms with Crippen LogP contribution in [0.3, 0.4) is 0 Å². The maximum atomic E-state index is 5.87. The Balaban J connectivity index is 2.29. The second kappa shape index (κ2) is 4.84. The second-order valence-corrected chi connectivity index (χ2v) is 6.09. The molecule has 3 N–H and O–H groups in total. The van der Waals surface area contributed by atoms with Crippen LogP contribution in [-0.2, 0) is 0 Å². The third-order valence-electron chi connectivity index (χ3n) is 4.19. The molecule has 1 aliphatic carbocycles. The summed E-state index contributed by atoms with van der Waals surface area (Å²) in [5.41, 5.74) is 6.53. The third kappa shape index (κ3) is 3.76. The molecule has 1 unspecified atom stereocenters. The lowest BCUT2D eigenvalue weighted by Crippen LogP contribution is -2.51. The average Bonchev–Trinajstić information content (AvgIpc) is 3.01. The fourth-order valence-electron chi connectivity index (χ4n) is 1.97. The van der Waals surface area contributed by atoms with E-state index in [2.05, 4.69) is 33.0 Å². The van der Waals surface area contributed by atoms with Gasteiger partial charge in [0.2, 0.25) is 0 Å². The summed E-state index contributed by atoms with van der Waals surface area (Å²) >= 11 is 0. The first-order chi connectivity index (χ1) is 6.93. The van der Waals surface area contributed by atoms with Gasteiger partial charge in [-0.1, -0.05) is 27.2 Å². The Labute approximate surface area is 95.0 Å². The van der Waals surface area contributed by atoms with E-state index in [0.717, 1.165) is 19.0 Å². The largest absolute Gasteiger partial charge is 0.329 e. The van der Waals surface area contributed by atoms with Gasteiger partial charge in [0.1, 0.15) is 0 Å². The topological polar surface area (TPSA) is 38.0 Å². The number of hydrogen-bond acceptors (Lipinski definition) is 2. The molecule has 1 atom stereocenters. The summed E-state index contributed by atoms with van der Waals surface area (Å²) < 4.78 is 0. The molecular formula is C13H28N2. The molecule has 0 aromatic rings. The molecule has 0 aliphatic heterocycles. The van der Waals surface area contributed by atoms with Gasteiger partial charge in [-0.15, -0.1) is 0 Å². The van der Waals surface area contributed by atoms with Gasteiger partial charge in [-0.25, -0.2) is 0 Å². The highest BCUT2D eigenvalue weighted by Crippen LogP contribution is 2.39. The summed E-state index contributed by atoms with van der Waals surface area (Å²) in [6.45, 7) is 11.1. The van der Waals surface area contributed by atoms with Crippen molar-refractivity contribution in [2.24, 2.45) is 17.1 Å². The van der Waals surface area contributed by atoms with Crippen LogP contribution in [-0.4, -0.2) is 18.6 Å². The van der Waals surface area contributed by atoms with Crippen LogP contribution >= 0.6 is 0 Å². The molecule has 1 aliphatic rings. The van der Waals surface area contributed by atoms with Crippen LogP contribution in [0, 0.1) is 11.3 Å². The van der Waals surface area contributed by atoms with Crippen LogP contribution in [0.2, 0.25) is 0 Å². The van der Waals surface area contributed by atoms with E-state index in [1.807, 2.05) is 0 Å². The predicted octanol–water partition coefficient (Wildman–Crippen LogP) is 2.53. The zero-order valence-corrected chi connectivity index (χ0v) is 10.9. The Morgan fingerprint density at radius 1 is 1.27 bits per heavy atom. The quantitative estimate of drug-likeness (QED) is 0.680. The highest BCUT2D eigenvalue weighted by molar-refractivity contribution is 4.98. The normalized spacial score (nSPS) is 21.4. The molecule has 15 heavy (non-hydrogen) atoms. The lowest BCUT2D eigenvalue weighted by atomic mass is 9.86. The highest BCUT2D eigenvalue weighted by Gasteiger charge is 2.39. The minimum Gasteiger partial charge on any atom is -0.329 e. The van der Waals surface area contributed by atoms with Gasteiger partial charge in [-0.05, 0) is 44.1 Å². The van der Waals surface area contributed by atoms with E-state index in [0.29, 0.717) is 5.41 Å². The first kappa shape index (κ1) is 13.0. The van der Waals surface area contributed by atoms with Crippen LogP contribution < -0.4 is 11.1 Å². The smallest absolute Gasteiger partial charge is 0.0303 e. The standard InChI is InChI=1S/C13H28N2/c1-5-12(2,3)8-9-15-13(4,10-14)11-6-7-11/h11,15H,5-10,14H2,1-4H3. The summed E-state index contributed by atoms with van der Waals surface area (Å²) in [6.07, 6.45) is 5.21. The molecule has 0 saturated heterocycles. The summed E-state index contributed by atoms with van der Waals surface area (Å²) in [5, 5.41) is 3.67.